The van der Waals surface area contributed by atoms with Crippen LogP contribution in [0, 0.1) is 6.92 Å². The molecule has 1 heterocycles. The second-order valence-electron chi connectivity index (χ2n) is 6.16. The van der Waals surface area contributed by atoms with Gasteiger partial charge in [-0.05, 0) is 55.5 Å². The average Bonchev–Trinajstić information content (AvgIpc) is 3.12. The number of carbonyl (C=O) groups is 2. The number of primary amides is 1. The van der Waals surface area contributed by atoms with Crippen molar-refractivity contribution in [2.75, 3.05) is 11.9 Å². The van der Waals surface area contributed by atoms with Crippen LogP contribution in [0.15, 0.2) is 54.7 Å². The second kappa shape index (κ2) is 8.51. The van der Waals surface area contributed by atoms with Gasteiger partial charge in [0.25, 0.3) is 12.3 Å². The lowest BCUT2D eigenvalue weighted by Crippen LogP contribution is -2.16. The first-order valence-electron chi connectivity index (χ1n) is 8.62. The molecule has 3 rings (SSSR count). The van der Waals surface area contributed by atoms with Gasteiger partial charge in [0, 0.05) is 23.0 Å². The molecule has 0 spiro atoms. The number of aromatic nitrogens is 2. The molecule has 0 saturated heterocycles. The third-order valence-corrected chi connectivity index (χ3v) is 4.08. The maximum absolute atomic E-state index is 12.6. The summed E-state index contributed by atoms with van der Waals surface area (Å²) in [5, 5.41) is 6.77. The van der Waals surface area contributed by atoms with Crippen LogP contribution < -0.4 is 15.8 Å². The van der Waals surface area contributed by atoms with Crippen molar-refractivity contribution < 1.29 is 23.1 Å². The van der Waals surface area contributed by atoms with Crippen LogP contribution in [-0.4, -0.2) is 34.6 Å². The van der Waals surface area contributed by atoms with Crippen LogP contribution in [0.2, 0.25) is 0 Å². The van der Waals surface area contributed by atoms with Crippen molar-refractivity contribution in [1.82, 2.24) is 9.78 Å². The van der Waals surface area contributed by atoms with Crippen molar-refractivity contribution in [3.63, 3.8) is 0 Å². The van der Waals surface area contributed by atoms with Gasteiger partial charge in [-0.1, -0.05) is 0 Å². The molecule has 0 bridgehead atoms. The summed E-state index contributed by atoms with van der Waals surface area (Å²) in [6.07, 6.45) is -1.02. The van der Waals surface area contributed by atoms with Crippen molar-refractivity contribution in [3.05, 3.63) is 71.5 Å². The molecule has 2 aromatic carbocycles. The molecule has 0 aliphatic heterocycles. The van der Waals surface area contributed by atoms with E-state index in [4.69, 9.17) is 10.5 Å². The van der Waals surface area contributed by atoms with E-state index < -0.39 is 24.8 Å². The van der Waals surface area contributed by atoms with Crippen LogP contribution in [-0.2, 0) is 0 Å². The first-order chi connectivity index (χ1) is 13.8. The van der Waals surface area contributed by atoms with Gasteiger partial charge in [0.2, 0.25) is 5.91 Å². The molecule has 0 saturated carbocycles. The smallest absolute Gasteiger partial charge is 0.272 e. The average molecular weight is 400 g/mol. The Kier molecular flexibility index (Phi) is 5.87. The van der Waals surface area contributed by atoms with E-state index in [1.54, 1.807) is 35.1 Å². The van der Waals surface area contributed by atoms with E-state index >= 15 is 0 Å². The number of halogens is 2. The Bertz CT molecular complexity index is 1030. The molecule has 150 valence electrons. The second-order valence-corrected chi connectivity index (χ2v) is 6.16. The number of aryl methyl sites for hydroxylation is 1. The standard InChI is InChI=1S/C20H18F2N4O3/c1-12-8-9-24-26(12)15-5-2-13(3-6-15)20(28)25-16-10-14(19(23)27)4-7-17(16)29-11-18(21)22/h2-10,18H,11H2,1H3,(H2,23,27)(H,25,28). The predicted octanol–water partition coefficient (Wildman–Crippen LogP) is 3.18. The topological polar surface area (TPSA) is 99.2 Å². The zero-order valence-electron chi connectivity index (χ0n) is 15.4. The van der Waals surface area contributed by atoms with E-state index in [1.165, 1.54) is 18.2 Å². The molecule has 0 aliphatic carbocycles. The van der Waals surface area contributed by atoms with E-state index in [1.807, 2.05) is 13.0 Å². The highest BCUT2D eigenvalue weighted by Gasteiger charge is 2.15. The minimum Gasteiger partial charge on any atom is -0.485 e. The normalized spacial score (nSPS) is 10.8. The highest BCUT2D eigenvalue weighted by molar-refractivity contribution is 6.06. The summed E-state index contributed by atoms with van der Waals surface area (Å²) in [6.45, 7) is 1.05. The first-order valence-corrected chi connectivity index (χ1v) is 8.62. The molecule has 0 unspecified atom stereocenters. The van der Waals surface area contributed by atoms with Gasteiger partial charge in [-0.15, -0.1) is 0 Å². The largest absolute Gasteiger partial charge is 0.485 e. The van der Waals surface area contributed by atoms with Crippen LogP contribution >= 0.6 is 0 Å². The minimum atomic E-state index is -2.69. The van der Waals surface area contributed by atoms with Gasteiger partial charge >= 0.3 is 0 Å². The number of rotatable bonds is 7. The van der Waals surface area contributed by atoms with Crippen LogP contribution in [0.1, 0.15) is 26.4 Å². The molecule has 0 aliphatic rings. The van der Waals surface area contributed by atoms with E-state index in [2.05, 4.69) is 10.4 Å². The number of ether oxygens (including phenoxy) is 1. The Morgan fingerprint density at radius 1 is 1.14 bits per heavy atom. The number of hydrogen-bond donors (Lipinski definition) is 2. The Morgan fingerprint density at radius 3 is 2.41 bits per heavy atom. The van der Waals surface area contributed by atoms with Crippen LogP contribution in [0.3, 0.4) is 0 Å². The van der Waals surface area contributed by atoms with Crippen LogP contribution in [0.5, 0.6) is 5.75 Å². The van der Waals surface area contributed by atoms with Gasteiger partial charge in [0.1, 0.15) is 12.4 Å². The molecule has 29 heavy (non-hydrogen) atoms. The monoisotopic (exact) mass is 400 g/mol. The number of anilines is 1. The van der Waals surface area contributed by atoms with Crippen molar-refractivity contribution in [2.24, 2.45) is 5.73 Å². The Labute approximate surface area is 165 Å². The van der Waals surface area contributed by atoms with E-state index in [0.717, 1.165) is 11.4 Å². The summed E-state index contributed by atoms with van der Waals surface area (Å²) in [6, 6.07) is 12.4. The maximum Gasteiger partial charge on any atom is 0.272 e. The molecule has 3 aromatic rings. The van der Waals surface area contributed by atoms with Gasteiger partial charge in [0.05, 0.1) is 11.4 Å². The predicted molar refractivity (Wildman–Crippen MR) is 103 cm³/mol. The molecule has 0 atom stereocenters. The molecular formula is C20H18F2N4O3. The fourth-order valence-corrected chi connectivity index (χ4v) is 2.65. The number of benzene rings is 2. The van der Waals surface area contributed by atoms with Crippen molar-refractivity contribution in [3.8, 4) is 11.4 Å². The van der Waals surface area contributed by atoms with Gasteiger partial charge in [-0.2, -0.15) is 5.10 Å². The summed E-state index contributed by atoms with van der Waals surface area (Å²) >= 11 is 0. The van der Waals surface area contributed by atoms with Gasteiger partial charge in [-0.25, -0.2) is 13.5 Å². The highest BCUT2D eigenvalue weighted by atomic mass is 19.3. The molecule has 7 nitrogen and oxygen atoms in total. The molecule has 9 heteroatoms. The highest BCUT2D eigenvalue weighted by Crippen LogP contribution is 2.27. The summed E-state index contributed by atoms with van der Waals surface area (Å²) < 4.78 is 31.7. The fourth-order valence-electron chi connectivity index (χ4n) is 2.65. The molecule has 1 aromatic heterocycles. The molecule has 3 N–H and O–H groups in total. The summed E-state index contributed by atoms with van der Waals surface area (Å²) in [5.41, 5.74) is 7.46. The Hall–Kier alpha value is -3.75. The summed E-state index contributed by atoms with van der Waals surface area (Å²) in [4.78, 5) is 24.0. The fraction of sp³-hybridized carbons (Fsp3) is 0.150. The lowest BCUT2D eigenvalue weighted by atomic mass is 10.1. The van der Waals surface area contributed by atoms with Gasteiger partial charge in [0.15, 0.2) is 0 Å². The lowest BCUT2D eigenvalue weighted by molar-refractivity contribution is 0.0821. The van der Waals surface area contributed by atoms with Gasteiger partial charge < -0.3 is 15.8 Å². The van der Waals surface area contributed by atoms with E-state index in [-0.39, 0.29) is 17.0 Å². The zero-order valence-corrected chi connectivity index (χ0v) is 15.4. The van der Waals surface area contributed by atoms with Crippen LogP contribution in [0.25, 0.3) is 5.69 Å². The third kappa shape index (κ3) is 4.75. The van der Waals surface area contributed by atoms with Crippen LogP contribution in [0.4, 0.5) is 14.5 Å². The molecule has 0 fully saturated rings. The Morgan fingerprint density at radius 2 is 1.83 bits per heavy atom. The quantitative estimate of drug-likeness (QED) is 0.636. The molecule has 0 radical (unpaired) electrons. The Balaban J connectivity index is 1.82. The SMILES string of the molecule is Cc1ccnn1-c1ccc(C(=O)Nc2cc(C(N)=O)ccc2OCC(F)F)cc1. The maximum atomic E-state index is 12.6. The lowest BCUT2D eigenvalue weighted by Gasteiger charge is -2.14. The van der Waals surface area contributed by atoms with Crippen molar-refractivity contribution in [2.45, 2.75) is 13.3 Å². The number of hydrogen-bond acceptors (Lipinski definition) is 4. The summed E-state index contributed by atoms with van der Waals surface area (Å²) in [7, 11) is 0. The molecular weight excluding hydrogens is 382 g/mol. The number of alkyl halides is 2. The first kappa shape index (κ1) is 20.0. The number of nitrogens with zero attached hydrogens (tertiary/aromatic N) is 2. The third-order valence-electron chi connectivity index (χ3n) is 4.08. The van der Waals surface area contributed by atoms with Crippen molar-refractivity contribution in [1.29, 1.82) is 0 Å². The van der Waals surface area contributed by atoms with Gasteiger partial charge in [-0.3, -0.25) is 9.59 Å². The zero-order chi connectivity index (χ0) is 21.0. The number of nitrogens with one attached hydrogen (secondary N) is 1. The molecule has 2 amide bonds. The van der Waals surface area contributed by atoms with Crippen molar-refractivity contribution >= 4 is 17.5 Å². The van der Waals surface area contributed by atoms with E-state index in [9.17, 15) is 18.4 Å². The minimum absolute atomic E-state index is 0.00689. The van der Waals surface area contributed by atoms with E-state index in [0.29, 0.717) is 5.56 Å². The number of nitrogens with two attached hydrogens (primary N) is 1. The summed E-state index contributed by atoms with van der Waals surface area (Å²) in [5.74, 6) is -1.22. The number of amides is 2. The number of carbonyl (C=O) groups excluding carboxylic acids is 2.